The Labute approximate surface area is 121 Å². The van der Waals surface area contributed by atoms with Gasteiger partial charge in [0.1, 0.15) is 0 Å². The number of hydrogen-bond donors (Lipinski definition) is 0. The largest absolute Gasteiger partial charge is 0.466 e. The highest BCUT2D eigenvalue weighted by atomic mass is 32.2. The lowest BCUT2D eigenvalue weighted by Crippen LogP contribution is -2.50. The maximum absolute atomic E-state index is 12.6. The lowest BCUT2D eigenvalue weighted by Gasteiger charge is -2.36. The molecule has 116 valence electrons. The van der Waals surface area contributed by atoms with Gasteiger partial charge in [-0.15, -0.1) is 0 Å². The van der Waals surface area contributed by atoms with Gasteiger partial charge in [0, 0.05) is 26.2 Å². The molecule has 0 N–H and O–H groups in total. The summed E-state index contributed by atoms with van der Waals surface area (Å²) in [4.78, 5) is 11.8. The molecule has 7 heteroatoms. The molecule has 6 nitrogen and oxygen atoms in total. The van der Waals surface area contributed by atoms with Gasteiger partial charge in [-0.05, 0) is 32.6 Å². The monoisotopic (exact) mass is 304 g/mol. The molecular weight excluding hydrogens is 280 g/mol. The van der Waals surface area contributed by atoms with Crippen LogP contribution in [0.4, 0.5) is 0 Å². The van der Waals surface area contributed by atoms with Crippen LogP contribution in [0, 0.1) is 5.92 Å². The number of carbonyl (C=O) groups excluding carboxylic acids is 1. The van der Waals surface area contributed by atoms with Gasteiger partial charge < -0.3 is 4.74 Å². The van der Waals surface area contributed by atoms with Gasteiger partial charge in [-0.3, -0.25) is 4.79 Å². The molecule has 1 atom stereocenters. The fraction of sp³-hybridized carbons (Fsp3) is 0.923. The van der Waals surface area contributed by atoms with Crippen LogP contribution in [0.5, 0.6) is 0 Å². The molecule has 2 aliphatic rings. The van der Waals surface area contributed by atoms with E-state index in [2.05, 4.69) is 0 Å². The van der Waals surface area contributed by atoms with E-state index < -0.39 is 10.2 Å². The Morgan fingerprint density at radius 1 is 1.10 bits per heavy atom. The molecule has 0 amide bonds. The van der Waals surface area contributed by atoms with Crippen LogP contribution in [0.2, 0.25) is 0 Å². The molecule has 0 unspecified atom stereocenters. The second kappa shape index (κ2) is 6.87. The van der Waals surface area contributed by atoms with Gasteiger partial charge in [-0.1, -0.05) is 6.42 Å². The van der Waals surface area contributed by atoms with Crippen molar-refractivity contribution in [3.05, 3.63) is 0 Å². The summed E-state index contributed by atoms with van der Waals surface area (Å²) in [5.41, 5.74) is 0. The maximum atomic E-state index is 12.6. The van der Waals surface area contributed by atoms with E-state index in [9.17, 15) is 13.2 Å². The first-order chi connectivity index (χ1) is 9.55. The van der Waals surface area contributed by atoms with Crippen LogP contribution in [-0.4, -0.2) is 55.8 Å². The van der Waals surface area contributed by atoms with Crippen LogP contribution in [0.3, 0.4) is 0 Å². The molecule has 0 aromatic carbocycles. The van der Waals surface area contributed by atoms with Gasteiger partial charge in [0.05, 0.1) is 12.5 Å². The standard InChI is InChI=1S/C13H24N2O4S/c1-2-19-13(16)12-7-6-10-15(11-12)20(17,18)14-8-4-3-5-9-14/h12H,2-11H2,1H3/t12-/m1/s1. The Bertz CT molecular complexity index is 432. The third-order valence-electron chi connectivity index (χ3n) is 3.97. The van der Waals surface area contributed by atoms with Gasteiger partial charge in [0.15, 0.2) is 0 Å². The Kier molecular flexibility index (Phi) is 5.40. The molecule has 0 aromatic rings. The van der Waals surface area contributed by atoms with E-state index in [-0.39, 0.29) is 18.4 Å². The first kappa shape index (κ1) is 15.7. The minimum Gasteiger partial charge on any atom is -0.466 e. The number of piperidine rings is 2. The summed E-state index contributed by atoms with van der Waals surface area (Å²) < 4.78 is 33.2. The average molecular weight is 304 g/mol. The second-order valence-corrected chi connectivity index (χ2v) is 7.35. The van der Waals surface area contributed by atoms with Crippen LogP contribution < -0.4 is 0 Å². The molecule has 0 radical (unpaired) electrons. The van der Waals surface area contributed by atoms with Crippen molar-refractivity contribution in [2.75, 3.05) is 32.8 Å². The van der Waals surface area contributed by atoms with Crippen molar-refractivity contribution in [3.63, 3.8) is 0 Å². The fourth-order valence-corrected chi connectivity index (χ4v) is 4.64. The molecule has 0 aliphatic carbocycles. The summed E-state index contributed by atoms with van der Waals surface area (Å²) in [6.45, 7) is 4.08. The topological polar surface area (TPSA) is 66.9 Å². The van der Waals surface area contributed by atoms with E-state index in [1.807, 2.05) is 0 Å². The quantitative estimate of drug-likeness (QED) is 0.727. The lowest BCUT2D eigenvalue weighted by molar-refractivity contribution is -0.149. The van der Waals surface area contributed by atoms with Gasteiger partial charge in [-0.2, -0.15) is 17.0 Å². The summed E-state index contributed by atoms with van der Waals surface area (Å²) in [5.74, 6) is -0.589. The van der Waals surface area contributed by atoms with Crippen LogP contribution in [-0.2, 0) is 19.7 Å². The zero-order valence-electron chi connectivity index (χ0n) is 12.1. The number of ether oxygens (including phenoxy) is 1. The fourth-order valence-electron chi connectivity index (χ4n) is 2.86. The van der Waals surface area contributed by atoms with E-state index in [0.717, 1.165) is 25.7 Å². The van der Waals surface area contributed by atoms with Crippen molar-refractivity contribution >= 4 is 16.2 Å². The Morgan fingerprint density at radius 3 is 2.40 bits per heavy atom. The smallest absolute Gasteiger partial charge is 0.310 e. The van der Waals surface area contributed by atoms with Crippen LogP contribution in [0.1, 0.15) is 39.0 Å². The van der Waals surface area contributed by atoms with Gasteiger partial charge >= 0.3 is 5.97 Å². The Hall–Kier alpha value is -0.660. The molecule has 20 heavy (non-hydrogen) atoms. The molecule has 2 aliphatic heterocycles. The third kappa shape index (κ3) is 3.51. The van der Waals surface area contributed by atoms with E-state index in [4.69, 9.17) is 4.74 Å². The summed E-state index contributed by atoms with van der Waals surface area (Å²) in [6.07, 6.45) is 4.38. The van der Waals surface area contributed by atoms with E-state index >= 15 is 0 Å². The molecule has 0 saturated carbocycles. The van der Waals surface area contributed by atoms with Crippen LogP contribution in [0.15, 0.2) is 0 Å². The molecule has 0 aromatic heterocycles. The normalized spacial score (nSPS) is 26.4. The molecule has 0 spiro atoms. The summed E-state index contributed by atoms with van der Waals surface area (Å²) in [6, 6.07) is 0. The summed E-state index contributed by atoms with van der Waals surface area (Å²) in [7, 11) is -3.41. The molecule has 0 bridgehead atoms. The van der Waals surface area contributed by atoms with Crippen molar-refractivity contribution in [2.24, 2.45) is 5.92 Å². The first-order valence-electron chi connectivity index (χ1n) is 7.47. The molecule has 2 heterocycles. The van der Waals surface area contributed by atoms with Crippen molar-refractivity contribution in [3.8, 4) is 0 Å². The minimum absolute atomic E-state index is 0.262. The molecular formula is C13H24N2O4S. The Balaban J connectivity index is 2.01. The van der Waals surface area contributed by atoms with Crippen molar-refractivity contribution < 1.29 is 17.9 Å². The third-order valence-corrected chi connectivity index (χ3v) is 5.97. The van der Waals surface area contributed by atoms with E-state index in [0.29, 0.717) is 32.7 Å². The number of nitrogens with zero attached hydrogens (tertiary/aromatic N) is 2. The number of carbonyl (C=O) groups is 1. The number of hydrogen-bond acceptors (Lipinski definition) is 4. The summed E-state index contributed by atoms with van der Waals surface area (Å²) >= 11 is 0. The Morgan fingerprint density at radius 2 is 1.75 bits per heavy atom. The highest BCUT2D eigenvalue weighted by molar-refractivity contribution is 7.86. The van der Waals surface area contributed by atoms with Gasteiger partial charge in [0.25, 0.3) is 10.2 Å². The van der Waals surface area contributed by atoms with E-state index in [1.165, 1.54) is 4.31 Å². The SMILES string of the molecule is CCOC(=O)[C@@H]1CCCN(S(=O)(=O)N2CCCCC2)C1. The van der Waals surface area contributed by atoms with Crippen LogP contribution >= 0.6 is 0 Å². The molecule has 2 fully saturated rings. The van der Waals surface area contributed by atoms with E-state index in [1.54, 1.807) is 11.2 Å². The number of esters is 1. The van der Waals surface area contributed by atoms with Crippen molar-refractivity contribution in [1.82, 2.24) is 8.61 Å². The minimum atomic E-state index is -3.41. The van der Waals surface area contributed by atoms with Crippen molar-refractivity contribution in [2.45, 2.75) is 39.0 Å². The average Bonchev–Trinajstić information content (AvgIpc) is 2.48. The predicted molar refractivity (Wildman–Crippen MR) is 75.3 cm³/mol. The second-order valence-electron chi connectivity index (χ2n) is 5.42. The zero-order chi connectivity index (χ0) is 14.6. The van der Waals surface area contributed by atoms with Gasteiger partial charge in [0.2, 0.25) is 0 Å². The van der Waals surface area contributed by atoms with Crippen molar-refractivity contribution in [1.29, 1.82) is 0 Å². The summed E-state index contributed by atoms with van der Waals surface area (Å²) in [5, 5.41) is 0. The van der Waals surface area contributed by atoms with Gasteiger partial charge in [-0.25, -0.2) is 0 Å². The lowest BCUT2D eigenvalue weighted by atomic mass is 10.0. The van der Waals surface area contributed by atoms with Crippen LogP contribution in [0.25, 0.3) is 0 Å². The molecule has 2 rings (SSSR count). The highest BCUT2D eigenvalue weighted by Gasteiger charge is 2.36. The maximum Gasteiger partial charge on any atom is 0.310 e. The molecule has 2 saturated heterocycles. The highest BCUT2D eigenvalue weighted by Crippen LogP contribution is 2.24. The first-order valence-corrected chi connectivity index (χ1v) is 8.87. The predicted octanol–water partition coefficient (Wildman–Crippen LogP) is 0.992. The number of rotatable bonds is 4. The zero-order valence-corrected chi connectivity index (χ0v) is 12.9.